The fourth-order valence-electron chi connectivity index (χ4n) is 1.16. The highest BCUT2D eigenvalue weighted by molar-refractivity contribution is 6.30. The van der Waals surface area contributed by atoms with Gasteiger partial charge in [-0.25, -0.2) is 9.18 Å². The van der Waals surface area contributed by atoms with Crippen molar-refractivity contribution in [2.75, 3.05) is 0 Å². The summed E-state index contributed by atoms with van der Waals surface area (Å²) in [5.41, 5.74) is 0.246. The SMILES string of the molecule is O=c1[nH]ccn1-c1ccc(F)c(Cl)c1. The van der Waals surface area contributed by atoms with Crippen molar-refractivity contribution in [3.63, 3.8) is 0 Å². The van der Waals surface area contributed by atoms with E-state index in [1.807, 2.05) is 0 Å². The Bertz CT molecular complexity index is 518. The van der Waals surface area contributed by atoms with Crippen LogP contribution in [0.25, 0.3) is 5.69 Å². The minimum Gasteiger partial charge on any atom is -0.312 e. The van der Waals surface area contributed by atoms with Crippen molar-refractivity contribution < 1.29 is 4.39 Å². The number of hydrogen-bond donors (Lipinski definition) is 1. The molecule has 0 spiro atoms. The third-order valence-corrected chi connectivity index (χ3v) is 2.12. The average Bonchev–Trinajstić information content (AvgIpc) is 2.57. The van der Waals surface area contributed by atoms with Gasteiger partial charge >= 0.3 is 5.69 Å². The topological polar surface area (TPSA) is 37.8 Å². The van der Waals surface area contributed by atoms with Gasteiger partial charge in [0, 0.05) is 12.4 Å². The first-order chi connectivity index (χ1) is 6.68. The molecule has 72 valence electrons. The zero-order valence-corrected chi connectivity index (χ0v) is 7.75. The molecule has 0 fully saturated rings. The molecule has 0 atom stereocenters. The van der Waals surface area contributed by atoms with Gasteiger partial charge in [-0.05, 0) is 18.2 Å². The zero-order valence-electron chi connectivity index (χ0n) is 7.00. The summed E-state index contributed by atoms with van der Waals surface area (Å²) in [6.07, 6.45) is 3.05. The number of rotatable bonds is 1. The summed E-state index contributed by atoms with van der Waals surface area (Å²) in [7, 11) is 0. The van der Waals surface area contributed by atoms with Crippen molar-refractivity contribution in [3.8, 4) is 5.69 Å². The number of nitrogens with one attached hydrogen (secondary N) is 1. The Morgan fingerprint density at radius 1 is 1.43 bits per heavy atom. The maximum Gasteiger partial charge on any atom is 0.330 e. The highest BCUT2D eigenvalue weighted by Crippen LogP contribution is 2.17. The Hall–Kier alpha value is -1.55. The molecule has 1 heterocycles. The smallest absolute Gasteiger partial charge is 0.312 e. The third-order valence-electron chi connectivity index (χ3n) is 1.83. The molecule has 3 nitrogen and oxygen atoms in total. The molecular weight excluding hydrogens is 207 g/mol. The minimum atomic E-state index is -0.501. The second-order valence-corrected chi connectivity index (χ2v) is 3.14. The number of benzene rings is 1. The van der Waals surface area contributed by atoms with Gasteiger partial charge < -0.3 is 4.98 Å². The van der Waals surface area contributed by atoms with Crippen molar-refractivity contribution in [3.05, 3.63) is 51.9 Å². The Kier molecular flexibility index (Phi) is 2.13. The summed E-state index contributed by atoms with van der Waals surface area (Å²) in [6.45, 7) is 0. The van der Waals surface area contributed by atoms with Crippen LogP contribution >= 0.6 is 11.6 Å². The van der Waals surface area contributed by atoms with Gasteiger partial charge in [-0.3, -0.25) is 4.57 Å². The lowest BCUT2D eigenvalue weighted by atomic mass is 10.3. The lowest BCUT2D eigenvalue weighted by Crippen LogP contribution is -2.13. The Morgan fingerprint density at radius 2 is 2.21 bits per heavy atom. The van der Waals surface area contributed by atoms with Crippen LogP contribution in [0.3, 0.4) is 0 Å². The quantitative estimate of drug-likeness (QED) is 0.771. The summed E-state index contributed by atoms with van der Waals surface area (Å²) in [5, 5.41) is -0.00407. The van der Waals surface area contributed by atoms with Gasteiger partial charge in [0.05, 0.1) is 10.7 Å². The molecule has 1 aromatic heterocycles. The second kappa shape index (κ2) is 3.31. The van der Waals surface area contributed by atoms with Crippen LogP contribution in [0.4, 0.5) is 4.39 Å². The summed E-state index contributed by atoms with van der Waals surface area (Å²) in [6, 6.07) is 4.10. The first kappa shape index (κ1) is 9.02. The van der Waals surface area contributed by atoms with Crippen LogP contribution in [0.15, 0.2) is 35.4 Å². The minimum absolute atomic E-state index is 0.00407. The lowest BCUT2D eigenvalue weighted by Gasteiger charge is -2.01. The van der Waals surface area contributed by atoms with Crippen LogP contribution in [0, 0.1) is 5.82 Å². The lowest BCUT2D eigenvalue weighted by molar-refractivity contribution is 0.627. The van der Waals surface area contributed by atoms with Crippen LogP contribution in [-0.2, 0) is 0 Å². The van der Waals surface area contributed by atoms with Crippen molar-refractivity contribution in [2.24, 2.45) is 0 Å². The molecular formula is C9H6ClFN2O. The largest absolute Gasteiger partial charge is 0.330 e. The molecule has 5 heteroatoms. The standard InChI is InChI=1S/C9H6ClFN2O/c10-7-5-6(1-2-8(7)11)13-4-3-12-9(13)14/h1-5H,(H,12,14). The van der Waals surface area contributed by atoms with Crippen molar-refractivity contribution in [1.82, 2.24) is 9.55 Å². The highest BCUT2D eigenvalue weighted by Gasteiger charge is 2.03. The van der Waals surface area contributed by atoms with E-state index in [4.69, 9.17) is 11.6 Å². The molecule has 0 saturated heterocycles. The van der Waals surface area contributed by atoms with Crippen LogP contribution in [0.5, 0.6) is 0 Å². The molecule has 0 radical (unpaired) electrons. The molecule has 14 heavy (non-hydrogen) atoms. The van der Waals surface area contributed by atoms with Gasteiger partial charge in [0.1, 0.15) is 5.82 Å². The molecule has 0 aliphatic heterocycles. The first-order valence-corrected chi connectivity index (χ1v) is 4.28. The number of nitrogens with zero attached hydrogens (tertiary/aromatic N) is 1. The maximum atomic E-state index is 12.8. The van der Waals surface area contributed by atoms with Crippen LogP contribution in [0.2, 0.25) is 5.02 Å². The van der Waals surface area contributed by atoms with E-state index < -0.39 is 5.82 Å². The van der Waals surface area contributed by atoms with E-state index >= 15 is 0 Å². The summed E-state index contributed by atoms with van der Waals surface area (Å²) < 4.78 is 14.2. The van der Waals surface area contributed by atoms with Gasteiger partial charge in [0.15, 0.2) is 0 Å². The van der Waals surface area contributed by atoms with Crippen LogP contribution in [0.1, 0.15) is 0 Å². The molecule has 2 aromatic rings. The normalized spacial score (nSPS) is 10.4. The van der Waals surface area contributed by atoms with Gasteiger partial charge in [0.25, 0.3) is 0 Å². The molecule has 0 aliphatic rings. The Balaban J connectivity index is 2.59. The maximum absolute atomic E-state index is 12.8. The van der Waals surface area contributed by atoms with Gasteiger partial charge in [-0.1, -0.05) is 11.6 Å². The number of hydrogen-bond acceptors (Lipinski definition) is 1. The molecule has 0 amide bonds. The highest BCUT2D eigenvalue weighted by atomic mass is 35.5. The number of halogens is 2. The molecule has 0 unspecified atom stereocenters. The summed E-state index contributed by atoms with van der Waals surface area (Å²) in [5.74, 6) is -0.501. The zero-order chi connectivity index (χ0) is 10.1. The van der Waals surface area contributed by atoms with Gasteiger partial charge in [-0.15, -0.1) is 0 Å². The van der Waals surface area contributed by atoms with Crippen molar-refractivity contribution >= 4 is 11.6 Å². The molecule has 1 aromatic carbocycles. The number of H-pyrrole nitrogens is 1. The predicted octanol–water partition coefficient (Wildman–Crippen LogP) is 1.96. The summed E-state index contributed by atoms with van der Waals surface area (Å²) >= 11 is 5.58. The van der Waals surface area contributed by atoms with Gasteiger partial charge in [-0.2, -0.15) is 0 Å². The van der Waals surface area contributed by atoms with Gasteiger partial charge in [0.2, 0.25) is 0 Å². The van der Waals surface area contributed by atoms with Crippen molar-refractivity contribution in [2.45, 2.75) is 0 Å². The van der Waals surface area contributed by atoms with E-state index in [0.29, 0.717) is 5.69 Å². The number of aromatic nitrogens is 2. The number of imidazole rings is 1. The monoisotopic (exact) mass is 212 g/mol. The fourth-order valence-corrected chi connectivity index (χ4v) is 1.33. The fraction of sp³-hybridized carbons (Fsp3) is 0. The average molecular weight is 213 g/mol. The van der Waals surface area contributed by atoms with E-state index in [0.717, 1.165) is 0 Å². The van der Waals surface area contributed by atoms with Crippen LogP contribution < -0.4 is 5.69 Å². The van der Waals surface area contributed by atoms with E-state index in [2.05, 4.69) is 4.98 Å². The Labute approximate surface area is 83.8 Å². The molecule has 0 aliphatic carbocycles. The molecule has 0 saturated carbocycles. The second-order valence-electron chi connectivity index (χ2n) is 2.73. The first-order valence-electron chi connectivity index (χ1n) is 3.90. The summed E-state index contributed by atoms with van der Waals surface area (Å²) in [4.78, 5) is 13.7. The van der Waals surface area contributed by atoms with Crippen molar-refractivity contribution in [1.29, 1.82) is 0 Å². The van der Waals surface area contributed by atoms with E-state index in [1.165, 1.54) is 29.0 Å². The Morgan fingerprint density at radius 3 is 2.79 bits per heavy atom. The predicted molar refractivity (Wildman–Crippen MR) is 51.4 cm³/mol. The van der Waals surface area contributed by atoms with E-state index in [9.17, 15) is 9.18 Å². The number of aromatic amines is 1. The van der Waals surface area contributed by atoms with E-state index in [-0.39, 0.29) is 10.7 Å². The van der Waals surface area contributed by atoms with E-state index in [1.54, 1.807) is 6.20 Å². The third kappa shape index (κ3) is 1.44. The molecule has 0 bridgehead atoms. The molecule has 1 N–H and O–H groups in total. The van der Waals surface area contributed by atoms with Crippen LogP contribution in [-0.4, -0.2) is 9.55 Å². The molecule has 2 rings (SSSR count).